The normalized spacial score (nSPS) is 33.4. The molecule has 2 N–H and O–H groups in total. The van der Waals surface area contributed by atoms with Crippen molar-refractivity contribution in [2.45, 2.75) is 51.1 Å². The molecule has 3 fully saturated rings. The van der Waals surface area contributed by atoms with Gasteiger partial charge in [0, 0.05) is 25.2 Å². The molecule has 0 spiro atoms. The van der Waals surface area contributed by atoms with Gasteiger partial charge < -0.3 is 15.4 Å². The number of morpholine rings is 1. The molecule has 98 valence electrons. The van der Waals surface area contributed by atoms with Gasteiger partial charge in [0.1, 0.15) is 0 Å². The van der Waals surface area contributed by atoms with Crippen LogP contribution in [0.4, 0.5) is 0 Å². The highest BCUT2D eigenvalue weighted by atomic mass is 16.5. The molecule has 1 saturated heterocycles. The minimum atomic E-state index is 0.558. The summed E-state index contributed by atoms with van der Waals surface area (Å²) in [6, 6.07) is 1.17. The second kappa shape index (κ2) is 4.87. The van der Waals surface area contributed by atoms with Gasteiger partial charge in [-0.15, -0.1) is 0 Å². The highest BCUT2D eigenvalue weighted by Crippen LogP contribution is 2.60. The van der Waals surface area contributed by atoms with E-state index in [-0.39, 0.29) is 0 Å². The summed E-state index contributed by atoms with van der Waals surface area (Å²) in [5.74, 6) is 1.07. The summed E-state index contributed by atoms with van der Waals surface area (Å²) >= 11 is 0. The number of nitrogens with one attached hydrogen (secondary N) is 2. The van der Waals surface area contributed by atoms with Gasteiger partial charge in [0.15, 0.2) is 0 Å². The molecular weight excluding hydrogens is 212 g/mol. The fourth-order valence-corrected chi connectivity index (χ4v) is 3.24. The van der Waals surface area contributed by atoms with Crippen molar-refractivity contribution in [1.29, 1.82) is 0 Å². The lowest BCUT2D eigenvalue weighted by molar-refractivity contribution is 0.0709. The molecule has 2 saturated carbocycles. The van der Waals surface area contributed by atoms with Crippen molar-refractivity contribution in [1.82, 2.24) is 10.6 Å². The molecule has 0 aromatic heterocycles. The Hall–Kier alpha value is -0.120. The number of rotatable bonds is 6. The van der Waals surface area contributed by atoms with Crippen LogP contribution < -0.4 is 10.6 Å². The second-order valence-corrected chi connectivity index (χ2v) is 6.38. The maximum atomic E-state index is 5.50. The Morgan fingerprint density at radius 3 is 2.82 bits per heavy atom. The van der Waals surface area contributed by atoms with Crippen molar-refractivity contribution in [3.63, 3.8) is 0 Å². The molecule has 2 atom stereocenters. The van der Waals surface area contributed by atoms with E-state index in [1.807, 2.05) is 0 Å². The predicted octanol–water partition coefficient (Wildman–Crippen LogP) is 1.53. The predicted molar refractivity (Wildman–Crippen MR) is 69.1 cm³/mol. The summed E-state index contributed by atoms with van der Waals surface area (Å²) in [6.07, 6.45) is 7.13. The zero-order chi connectivity index (χ0) is 11.7. The zero-order valence-electron chi connectivity index (χ0n) is 11.0. The summed E-state index contributed by atoms with van der Waals surface area (Å²) in [5, 5.41) is 7.29. The van der Waals surface area contributed by atoms with Crippen LogP contribution in [0.15, 0.2) is 0 Å². The van der Waals surface area contributed by atoms with Gasteiger partial charge in [-0.05, 0) is 50.4 Å². The average molecular weight is 238 g/mol. The lowest BCUT2D eigenvalue weighted by Gasteiger charge is -2.27. The van der Waals surface area contributed by atoms with E-state index in [1.165, 1.54) is 38.6 Å². The second-order valence-electron chi connectivity index (χ2n) is 6.38. The molecule has 0 aromatic rings. The largest absolute Gasteiger partial charge is 0.379 e. The highest BCUT2D eigenvalue weighted by molar-refractivity contribution is 5.05. The molecule has 0 radical (unpaired) electrons. The fourth-order valence-electron chi connectivity index (χ4n) is 3.24. The average Bonchev–Trinajstić information content (AvgIpc) is 3.20. The third-order valence-electron chi connectivity index (χ3n) is 4.77. The van der Waals surface area contributed by atoms with Crippen LogP contribution in [0.1, 0.15) is 39.0 Å². The first-order chi connectivity index (χ1) is 8.28. The van der Waals surface area contributed by atoms with E-state index >= 15 is 0 Å². The van der Waals surface area contributed by atoms with Crippen LogP contribution in [0.2, 0.25) is 0 Å². The minimum Gasteiger partial charge on any atom is -0.379 e. The first kappa shape index (κ1) is 11.9. The molecule has 3 heteroatoms. The zero-order valence-corrected chi connectivity index (χ0v) is 11.0. The maximum Gasteiger partial charge on any atom is 0.0620 e. The lowest BCUT2D eigenvalue weighted by Crippen LogP contribution is -2.45. The first-order valence-corrected chi connectivity index (χ1v) is 7.33. The first-order valence-electron chi connectivity index (χ1n) is 7.33. The molecule has 0 amide bonds. The third-order valence-corrected chi connectivity index (χ3v) is 4.77. The van der Waals surface area contributed by atoms with E-state index in [9.17, 15) is 0 Å². The van der Waals surface area contributed by atoms with Crippen LogP contribution in [0.3, 0.4) is 0 Å². The fraction of sp³-hybridized carbons (Fsp3) is 1.00. The van der Waals surface area contributed by atoms with Gasteiger partial charge in [-0.1, -0.05) is 0 Å². The van der Waals surface area contributed by atoms with Crippen LogP contribution >= 0.6 is 0 Å². The van der Waals surface area contributed by atoms with Gasteiger partial charge in [-0.25, -0.2) is 0 Å². The summed E-state index contributed by atoms with van der Waals surface area (Å²) in [4.78, 5) is 0. The van der Waals surface area contributed by atoms with Crippen molar-refractivity contribution in [2.75, 3.05) is 26.3 Å². The van der Waals surface area contributed by atoms with Crippen LogP contribution in [-0.2, 0) is 4.74 Å². The number of hydrogen-bond donors (Lipinski definition) is 2. The van der Waals surface area contributed by atoms with Crippen LogP contribution in [0.5, 0.6) is 0 Å². The van der Waals surface area contributed by atoms with E-state index < -0.39 is 0 Å². The van der Waals surface area contributed by atoms with Crippen LogP contribution in [0.25, 0.3) is 0 Å². The van der Waals surface area contributed by atoms with E-state index in [0.717, 1.165) is 31.1 Å². The van der Waals surface area contributed by atoms with Gasteiger partial charge in [0.05, 0.1) is 13.2 Å². The van der Waals surface area contributed by atoms with Gasteiger partial charge in [-0.2, -0.15) is 0 Å². The van der Waals surface area contributed by atoms with E-state index in [0.29, 0.717) is 12.1 Å². The van der Waals surface area contributed by atoms with Crippen molar-refractivity contribution in [2.24, 2.45) is 11.3 Å². The third kappa shape index (κ3) is 3.01. The van der Waals surface area contributed by atoms with Gasteiger partial charge in [0.25, 0.3) is 0 Å². The highest BCUT2D eigenvalue weighted by Gasteiger charge is 2.53. The Kier molecular flexibility index (Phi) is 3.42. The van der Waals surface area contributed by atoms with Crippen molar-refractivity contribution in [3.8, 4) is 0 Å². The summed E-state index contributed by atoms with van der Waals surface area (Å²) in [6.45, 7) is 6.36. The number of ether oxygens (including phenoxy) is 1. The molecular formula is C14H26N2O. The molecule has 3 aliphatic rings. The molecule has 3 nitrogen and oxygen atoms in total. The van der Waals surface area contributed by atoms with Crippen molar-refractivity contribution < 1.29 is 4.74 Å². The molecule has 2 aliphatic carbocycles. The molecule has 3 rings (SSSR count). The van der Waals surface area contributed by atoms with Gasteiger partial charge >= 0.3 is 0 Å². The number of hydrogen-bond acceptors (Lipinski definition) is 3. The van der Waals surface area contributed by atoms with Crippen molar-refractivity contribution in [3.05, 3.63) is 0 Å². The molecule has 1 aliphatic heterocycles. The standard InChI is InChI=1S/C14H26N2O/c1-11(8-13-9-17-7-6-15-13)16-10-14(4-5-14)12-2-3-12/h11-13,15-16H,2-10H2,1H3. The molecule has 2 unspecified atom stereocenters. The molecule has 17 heavy (non-hydrogen) atoms. The van der Waals surface area contributed by atoms with E-state index in [4.69, 9.17) is 4.74 Å². The van der Waals surface area contributed by atoms with Crippen LogP contribution in [0, 0.1) is 11.3 Å². The lowest BCUT2D eigenvalue weighted by atomic mass is 9.99. The SMILES string of the molecule is CC(CC1COCCN1)NCC1(C2CC2)CC1. The molecule has 1 heterocycles. The molecule has 0 bridgehead atoms. The van der Waals surface area contributed by atoms with Crippen molar-refractivity contribution >= 4 is 0 Å². The maximum absolute atomic E-state index is 5.50. The van der Waals surface area contributed by atoms with Crippen LogP contribution in [-0.4, -0.2) is 38.4 Å². The smallest absolute Gasteiger partial charge is 0.0620 e. The van der Waals surface area contributed by atoms with Gasteiger partial charge in [-0.3, -0.25) is 0 Å². The monoisotopic (exact) mass is 238 g/mol. The Morgan fingerprint density at radius 1 is 1.41 bits per heavy atom. The summed E-state index contributed by atoms with van der Waals surface area (Å²) < 4.78 is 5.50. The Labute approximate surface area is 105 Å². The van der Waals surface area contributed by atoms with E-state index in [1.54, 1.807) is 0 Å². The van der Waals surface area contributed by atoms with Gasteiger partial charge in [0.2, 0.25) is 0 Å². The summed E-state index contributed by atoms with van der Waals surface area (Å²) in [5.41, 5.74) is 0.727. The Morgan fingerprint density at radius 2 is 2.24 bits per heavy atom. The Balaban J connectivity index is 1.36. The topological polar surface area (TPSA) is 33.3 Å². The minimum absolute atomic E-state index is 0.558. The summed E-state index contributed by atoms with van der Waals surface area (Å²) in [7, 11) is 0. The van der Waals surface area contributed by atoms with E-state index in [2.05, 4.69) is 17.6 Å². The molecule has 0 aromatic carbocycles. The quantitative estimate of drug-likeness (QED) is 0.736. The Bertz CT molecular complexity index is 255.